The maximum atomic E-state index is 12.3. The lowest BCUT2D eigenvalue weighted by Gasteiger charge is -2.33. The van der Waals surface area contributed by atoms with Crippen molar-refractivity contribution >= 4 is 5.91 Å². The summed E-state index contributed by atoms with van der Waals surface area (Å²) in [5.41, 5.74) is 0.664. The lowest BCUT2D eigenvalue weighted by Crippen LogP contribution is -2.48. The van der Waals surface area contributed by atoms with E-state index < -0.39 is 6.10 Å². The monoisotopic (exact) mass is 275 g/mol. The highest BCUT2D eigenvalue weighted by Crippen LogP contribution is 2.28. The molecule has 2 N–H and O–H groups in total. The van der Waals surface area contributed by atoms with Crippen molar-refractivity contribution < 1.29 is 9.90 Å². The van der Waals surface area contributed by atoms with Gasteiger partial charge < -0.3 is 10.4 Å². The van der Waals surface area contributed by atoms with Crippen LogP contribution in [0.15, 0.2) is 30.3 Å². The maximum Gasteiger partial charge on any atom is 0.251 e. The van der Waals surface area contributed by atoms with Crippen LogP contribution in [0.2, 0.25) is 0 Å². The molecule has 3 nitrogen and oxygen atoms in total. The summed E-state index contributed by atoms with van der Waals surface area (Å²) >= 11 is 0. The third-order valence-electron chi connectivity index (χ3n) is 4.32. The topological polar surface area (TPSA) is 49.3 Å². The van der Waals surface area contributed by atoms with E-state index in [2.05, 4.69) is 5.32 Å². The van der Waals surface area contributed by atoms with E-state index in [4.69, 9.17) is 0 Å². The van der Waals surface area contributed by atoms with Crippen LogP contribution in [0.4, 0.5) is 0 Å². The molecule has 2 atom stereocenters. The average molecular weight is 275 g/mol. The van der Waals surface area contributed by atoms with Crippen molar-refractivity contribution in [3.63, 3.8) is 0 Å². The van der Waals surface area contributed by atoms with Gasteiger partial charge in [-0.3, -0.25) is 4.79 Å². The number of aliphatic hydroxyl groups is 1. The molecule has 0 aromatic heterocycles. The van der Waals surface area contributed by atoms with Gasteiger partial charge in [0.25, 0.3) is 5.91 Å². The Balaban J connectivity index is 2.05. The Bertz CT molecular complexity index is 412. The Morgan fingerprint density at radius 3 is 2.50 bits per heavy atom. The number of carbonyl (C=O) groups is 1. The Kier molecular flexibility index (Phi) is 5.60. The zero-order valence-electron chi connectivity index (χ0n) is 12.2. The summed E-state index contributed by atoms with van der Waals surface area (Å²) in [6.45, 7) is 1.97. The Morgan fingerprint density at radius 1 is 1.25 bits per heavy atom. The van der Waals surface area contributed by atoms with Crippen molar-refractivity contribution in [2.75, 3.05) is 0 Å². The first-order chi connectivity index (χ1) is 9.72. The van der Waals surface area contributed by atoms with Gasteiger partial charge in [-0.25, -0.2) is 0 Å². The van der Waals surface area contributed by atoms with E-state index in [0.29, 0.717) is 17.9 Å². The number of aliphatic hydroxyl groups excluding tert-OH is 1. The fourth-order valence-electron chi connectivity index (χ4n) is 3.10. The summed E-state index contributed by atoms with van der Waals surface area (Å²) in [4.78, 5) is 12.3. The smallest absolute Gasteiger partial charge is 0.251 e. The normalized spacial score (nSPS) is 19.3. The molecule has 1 aliphatic carbocycles. The molecule has 1 saturated carbocycles. The minimum absolute atomic E-state index is 0.0753. The number of amides is 1. The summed E-state index contributed by atoms with van der Waals surface area (Å²) in [6.07, 6.45) is 6.13. The van der Waals surface area contributed by atoms with Gasteiger partial charge in [0.1, 0.15) is 0 Å². The molecular formula is C17H25NO2. The van der Waals surface area contributed by atoms with E-state index in [1.807, 2.05) is 37.3 Å². The van der Waals surface area contributed by atoms with Crippen LogP contribution in [0, 0.1) is 5.92 Å². The average Bonchev–Trinajstić information content (AvgIpc) is 2.53. The van der Waals surface area contributed by atoms with E-state index in [-0.39, 0.29) is 11.9 Å². The molecule has 1 amide bonds. The van der Waals surface area contributed by atoms with Gasteiger partial charge in [-0.15, -0.1) is 0 Å². The zero-order valence-corrected chi connectivity index (χ0v) is 12.2. The summed E-state index contributed by atoms with van der Waals surface area (Å²) in [6, 6.07) is 9.13. The Hall–Kier alpha value is -1.35. The highest BCUT2D eigenvalue weighted by Gasteiger charge is 2.30. The van der Waals surface area contributed by atoms with E-state index in [0.717, 1.165) is 12.8 Å². The summed E-state index contributed by atoms with van der Waals surface area (Å²) in [5.74, 6) is 0.333. The van der Waals surface area contributed by atoms with E-state index in [1.54, 1.807) is 0 Å². The minimum Gasteiger partial charge on any atom is -0.391 e. The fraction of sp³-hybridized carbons (Fsp3) is 0.588. The van der Waals surface area contributed by atoms with Crippen LogP contribution < -0.4 is 5.32 Å². The molecule has 0 radical (unpaired) electrons. The van der Waals surface area contributed by atoms with Crippen molar-refractivity contribution in [1.29, 1.82) is 0 Å². The van der Waals surface area contributed by atoms with Crippen LogP contribution >= 0.6 is 0 Å². The van der Waals surface area contributed by atoms with Crippen molar-refractivity contribution in [3.05, 3.63) is 35.9 Å². The number of benzene rings is 1. The molecule has 0 unspecified atom stereocenters. The summed E-state index contributed by atoms with van der Waals surface area (Å²) < 4.78 is 0. The summed E-state index contributed by atoms with van der Waals surface area (Å²) in [5, 5.41) is 13.3. The molecule has 0 bridgehead atoms. The molecule has 1 aliphatic rings. The van der Waals surface area contributed by atoms with E-state index in [9.17, 15) is 9.90 Å². The van der Waals surface area contributed by atoms with Crippen LogP contribution in [-0.4, -0.2) is 23.2 Å². The second kappa shape index (κ2) is 7.44. The largest absolute Gasteiger partial charge is 0.391 e. The molecule has 1 fully saturated rings. The fourth-order valence-corrected chi connectivity index (χ4v) is 3.10. The molecule has 1 aromatic carbocycles. The predicted octanol–water partition coefficient (Wildman–Crippen LogP) is 3.14. The molecule has 0 spiro atoms. The lowest BCUT2D eigenvalue weighted by atomic mass is 9.81. The number of hydrogen-bond acceptors (Lipinski definition) is 2. The number of nitrogens with one attached hydrogen (secondary N) is 1. The minimum atomic E-state index is -0.453. The second-order valence-corrected chi connectivity index (χ2v) is 5.74. The Morgan fingerprint density at radius 2 is 1.90 bits per heavy atom. The molecule has 0 heterocycles. The van der Waals surface area contributed by atoms with Gasteiger partial charge in [-0.05, 0) is 37.3 Å². The van der Waals surface area contributed by atoms with Crippen LogP contribution in [0.1, 0.15) is 55.8 Å². The van der Waals surface area contributed by atoms with Crippen LogP contribution in [0.25, 0.3) is 0 Å². The van der Waals surface area contributed by atoms with Crippen molar-refractivity contribution in [2.24, 2.45) is 5.92 Å². The van der Waals surface area contributed by atoms with Gasteiger partial charge in [0, 0.05) is 5.56 Å². The molecule has 0 aliphatic heterocycles. The molecule has 0 saturated heterocycles. The quantitative estimate of drug-likeness (QED) is 0.867. The maximum absolute atomic E-state index is 12.3. The van der Waals surface area contributed by atoms with E-state index in [1.165, 1.54) is 19.3 Å². The standard InChI is InChI=1S/C17H25NO2/c1-2-15(19)16(13-9-5-3-6-10-13)18-17(20)14-11-7-4-8-12-14/h4,7-8,11-13,15-16,19H,2-3,5-6,9-10H2,1H3,(H,18,20)/t15-,16-/m1/s1. The van der Waals surface area contributed by atoms with Crippen LogP contribution in [0.5, 0.6) is 0 Å². The van der Waals surface area contributed by atoms with Gasteiger partial charge in [-0.1, -0.05) is 44.4 Å². The highest BCUT2D eigenvalue weighted by molar-refractivity contribution is 5.94. The number of carbonyl (C=O) groups excluding carboxylic acids is 1. The van der Waals surface area contributed by atoms with Crippen molar-refractivity contribution in [1.82, 2.24) is 5.32 Å². The second-order valence-electron chi connectivity index (χ2n) is 5.74. The van der Waals surface area contributed by atoms with Gasteiger partial charge >= 0.3 is 0 Å². The van der Waals surface area contributed by atoms with Crippen LogP contribution in [-0.2, 0) is 0 Å². The molecule has 110 valence electrons. The lowest BCUT2D eigenvalue weighted by molar-refractivity contribution is 0.0650. The predicted molar refractivity (Wildman–Crippen MR) is 80.6 cm³/mol. The van der Waals surface area contributed by atoms with Gasteiger partial charge in [0.05, 0.1) is 12.1 Å². The van der Waals surface area contributed by atoms with Crippen molar-refractivity contribution in [3.8, 4) is 0 Å². The third-order valence-corrected chi connectivity index (χ3v) is 4.32. The third kappa shape index (κ3) is 3.83. The zero-order chi connectivity index (χ0) is 14.4. The molecule has 20 heavy (non-hydrogen) atoms. The van der Waals surface area contributed by atoms with Gasteiger partial charge in [0.2, 0.25) is 0 Å². The summed E-state index contributed by atoms with van der Waals surface area (Å²) in [7, 11) is 0. The SMILES string of the molecule is CC[C@@H](O)[C@H](NC(=O)c1ccccc1)C1CCCCC1. The molecule has 2 rings (SSSR count). The first kappa shape index (κ1) is 15.0. The molecule has 1 aromatic rings. The molecular weight excluding hydrogens is 250 g/mol. The van der Waals surface area contributed by atoms with E-state index >= 15 is 0 Å². The first-order valence-electron chi connectivity index (χ1n) is 7.76. The first-order valence-corrected chi connectivity index (χ1v) is 7.76. The highest BCUT2D eigenvalue weighted by atomic mass is 16.3. The van der Waals surface area contributed by atoms with Gasteiger partial charge in [-0.2, -0.15) is 0 Å². The Labute approximate surface area is 121 Å². The van der Waals surface area contributed by atoms with Crippen LogP contribution in [0.3, 0.4) is 0 Å². The number of rotatable bonds is 5. The number of hydrogen-bond donors (Lipinski definition) is 2. The molecule has 3 heteroatoms. The van der Waals surface area contributed by atoms with Gasteiger partial charge in [0.15, 0.2) is 0 Å². The van der Waals surface area contributed by atoms with Crippen molar-refractivity contribution in [2.45, 2.75) is 57.6 Å².